The summed E-state index contributed by atoms with van der Waals surface area (Å²) < 4.78 is 0. The highest BCUT2D eigenvalue weighted by atomic mass is 16.1. The van der Waals surface area contributed by atoms with Crippen molar-refractivity contribution in [2.24, 2.45) is 0 Å². The van der Waals surface area contributed by atoms with Crippen LogP contribution in [0, 0.1) is 25.2 Å². The van der Waals surface area contributed by atoms with Crippen LogP contribution in [-0.2, 0) is 6.54 Å². The van der Waals surface area contributed by atoms with Crippen LogP contribution in [0.1, 0.15) is 28.8 Å². The van der Waals surface area contributed by atoms with E-state index in [-0.39, 0.29) is 5.56 Å². The summed E-state index contributed by atoms with van der Waals surface area (Å²) in [5.74, 6) is 1.49. The Balaban J connectivity index is 1.41. The molecule has 7 heteroatoms. The van der Waals surface area contributed by atoms with Gasteiger partial charge in [-0.15, -0.1) is 0 Å². The average molecular weight is 415 g/mol. The molecule has 1 saturated heterocycles. The quantitative estimate of drug-likeness (QED) is 0.706. The summed E-state index contributed by atoms with van der Waals surface area (Å²) in [6.45, 7) is 8.35. The summed E-state index contributed by atoms with van der Waals surface area (Å²) in [6.07, 6.45) is 2.84. The first-order valence-corrected chi connectivity index (χ1v) is 10.5. The van der Waals surface area contributed by atoms with Gasteiger partial charge in [0.15, 0.2) is 0 Å². The minimum absolute atomic E-state index is 0.110. The number of anilines is 1. The molecule has 1 N–H and O–H groups in total. The average Bonchev–Trinajstić information content (AvgIpc) is 3.03. The van der Waals surface area contributed by atoms with Gasteiger partial charge in [0.25, 0.3) is 5.56 Å². The number of rotatable bonds is 4. The third-order valence-corrected chi connectivity index (χ3v) is 5.82. The Kier molecular flexibility index (Phi) is 6.10. The van der Waals surface area contributed by atoms with E-state index >= 15 is 0 Å². The maximum atomic E-state index is 12.0. The van der Waals surface area contributed by atoms with E-state index in [2.05, 4.69) is 30.8 Å². The van der Waals surface area contributed by atoms with Crippen LogP contribution in [0.2, 0.25) is 0 Å². The second-order valence-corrected chi connectivity index (χ2v) is 7.96. The first kappa shape index (κ1) is 20.8. The lowest BCUT2D eigenvalue weighted by atomic mass is 10.1. The fourth-order valence-corrected chi connectivity index (χ4v) is 3.80. The molecule has 4 rings (SSSR count). The Bertz CT molecular complexity index is 1140. The lowest BCUT2D eigenvalue weighted by molar-refractivity contribution is 0.285. The van der Waals surface area contributed by atoms with Gasteiger partial charge in [-0.3, -0.25) is 9.69 Å². The number of pyridine rings is 1. The molecule has 0 aliphatic carbocycles. The molecule has 1 aromatic carbocycles. The Morgan fingerprint density at radius 1 is 1.06 bits per heavy atom. The maximum absolute atomic E-state index is 12.0. The fourth-order valence-electron chi connectivity index (χ4n) is 3.80. The van der Waals surface area contributed by atoms with Crippen molar-refractivity contribution in [1.82, 2.24) is 19.9 Å². The molecule has 31 heavy (non-hydrogen) atoms. The molecule has 3 aromatic rings. The van der Waals surface area contributed by atoms with Gasteiger partial charge in [-0.25, -0.2) is 9.97 Å². The smallest absolute Gasteiger partial charge is 0.254 e. The number of benzene rings is 1. The molecule has 3 heterocycles. The van der Waals surface area contributed by atoms with Crippen LogP contribution in [0.15, 0.2) is 47.4 Å². The summed E-state index contributed by atoms with van der Waals surface area (Å²) in [5, 5.41) is 8.95. The van der Waals surface area contributed by atoms with Crippen LogP contribution >= 0.6 is 0 Å². The van der Waals surface area contributed by atoms with Crippen molar-refractivity contribution in [1.29, 1.82) is 5.26 Å². The van der Waals surface area contributed by atoms with Gasteiger partial charge in [-0.2, -0.15) is 5.26 Å². The van der Waals surface area contributed by atoms with Crippen molar-refractivity contribution in [3.8, 4) is 17.5 Å². The maximum Gasteiger partial charge on any atom is 0.254 e. The minimum Gasteiger partial charge on any atom is -0.355 e. The van der Waals surface area contributed by atoms with Gasteiger partial charge in [0, 0.05) is 55.7 Å². The predicted molar refractivity (Wildman–Crippen MR) is 121 cm³/mol. The molecule has 0 amide bonds. The van der Waals surface area contributed by atoms with E-state index in [4.69, 9.17) is 5.26 Å². The lowest BCUT2D eigenvalue weighted by Gasteiger charge is -2.23. The number of nitriles is 1. The van der Waals surface area contributed by atoms with E-state index in [1.165, 1.54) is 5.56 Å². The molecule has 1 fully saturated rings. The highest BCUT2D eigenvalue weighted by Gasteiger charge is 2.17. The van der Waals surface area contributed by atoms with Gasteiger partial charge >= 0.3 is 0 Å². The molecule has 1 aliphatic heterocycles. The first-order valence-electron chi connectivity index (χ1n) is 10.5. The van der Waals surface area contributed by atoms with Crippen LogP contribution in [0.5, 0.6) is 0 Å². The van der Waals surface area contributed by atoms with Crippen molar-refractivity contribution >= 4 is 5.82 Å². The molecule has 0 atom stereocenters. The number of hydrogen-bond acceptors (Lipinski definition) is 6. The number of aromatic amines is 1. The standard InChI is InChI=1S/C24H26N6O/c1-17-18(2)27-23(28-24(17)31)21-8-9-22(26-15-21)30-11-3-10-29(12-13-30)16-20-6-4-19(14-25)5-7-20/h4-9,15H,3,10-13,16H2,1-2H3,(H,27,28,31). The molecular weight excluding hydrogens is 388 g/mol. The van der Waals surface area contributed by atoms with Crippen LogP contribution in [0.3, 0.4) is 0 Å². The molecule has 158 valence electrons. The SMILES string of the molecule is Cc1nc(-c2ccc(N3CCCN(Cc4ccc(C#N)cc4)CC3)nc2)[nH]c(=O)c1C. The zero-order chi connectivity index (χ0) is 21.8. The van der Waals surface area contributed by atoms with Gasteiger partial charge in [-0.1, -0.05) is 12.1 Å². The van der Waals surface area contributed by atoms with Crippen LogP contribution in [0.4, 0.5) is 5.82 Å². The van der Waals surface area contributed by atoms with E-state index in [0.29, 0.717) is 17.0 Å². The Labute approximate surface area is 182 Å². The molecule has 0 radical (unpaired) electrons. The highest BCUT2D eigenvalue weighted by molar-refractivity contribution is 5.56. The summed E-state index contributed by atoms with van der Waals surface area (Å²) in [6, 6.07) is 14.0. The van der Waals surface area contributed by atoms with Crippen molar-refractivity contribution < 1.29 is 0 Å². The topological polar surface area (TPSA) is 88.9 Å². The van der Waals surface area contributed by atoms with Crippen molar-refractivity contribution in [3.63, 3.8) is 0 Å². The van der Waals surface area contributed by atoms with Crippen molar-refractivity contribution in [2.45, 2.75) is 26.8 Å². The molecular formula is C24H26N6O. The van der Waals surface area contributed by atoms with Crippen LogP contribution in [-0.4, -0.2) is 46.0 Å². The number of nitrogens with zero attached hydrogens (tertiary/aromatic N) is 5. The normalized spacial score (nSPS) is 14.8. The zero-order valence-corrected chi connectivity index (χ0v) is 17.9. The summed E-state index contributed by atoms with van der Waals surface area (Å²) in [5.41, 5.74) is 3.99. The molecule has 0 bridgehead atoms. The molecule has 7 nitrogen and oxygen atoms in total. The molecule has 0 saturated carbocycles. The highest BCUT2D eigenvalue weighted by Crippen LogP contribution is 2.19. The largest absolute Gasteiger partial charge is 0.355 e. The predicted octanol–water partition coefficient (Wildman–Crippen LogP) is 3.03. The first-order chi connectivity index (χ1) is 15.0. The second-order valence-electron chi connectivity index (χ2n) is 7.96. The second kappa shape index (κ2) is 9.11. The van der Waals surface area contributed by atoms with E-state index in [1.54, 1.807) is 13.1 Å². The van der Waals surface area contributed by atoms with E-state index < -0.39 is 0 Å². The van der Waals surface area contributed by atoms with E-state index in [0.717, 1.165) is 56.2 Å². The van der Waals surface area contributed by atoms with Gasteiger partial charge in [-0.05, 0) is 50.1 Å². The van der Waals surface area contributed by atoms with Crippen LogP contribution in [0.25, 0.3) is 11.4 Å². The van der Waals surface area contributed by atoms with Gasteiger partial charge in [0.05, 0.1) is 11.6 Å². The van der Waals surface area contributed by atoms with Gasteiger partial charge < -0.3 is 9.88 Å². The van der Waals surface area contributed by atoms with E-state index in [9.17, 15) is 4.79 Å². The summed E-state index contributed by atoms with van der Waals surface area (Å²) in [7, 11) is 0. The number of aromatic nitrogens is 3. The van der Waals surface area contributed by atoms with Crippen molar-refractivity contribution in [3.05, 3.63) is 75.3 Å². The fraction of sp³-hybridized carbons (Fsp3) is 0.333. The molecule has 0 spiro atoms. The summed E-state index contributed by atoms with van der Waals surface area (Å²) in [4.78, 5) is 28.8. The van der Waals surface area contributed by atoms with Crippen molar-refractivity contribution in [2.75, 3.05) is 31.1 Å². The minimum atomic E-state index is -0.110. The molecule has 2 aromatic heterocycles. The van der Waals surface area contributed by atoms with Gasteiger partial charge in [0.2, 0.25) is 0 Å². The van der Waals surface area contributed by atoms with Crippen LogP contribution < -0.4 is 10.5 Å². The summed E-state index contributed by atoms with van der Waals surface area (Å²) >= 11 is 0. The number of nitrogens with one attached hydrogen (secondary N) is 1. The molecule has 0 unspecified atom stereocenters. The number of hydrogen-bond donors (Lipinski definition) is 1. The zero-order valence-electron chi connectivity index (χ0n) is 17.9. The van der Waals surface area contributed by atoms with Gasteiger partial charge in [0.1, 0.15) is 11.6 Å². The third-order valence-electron chi connectivity index (χ3n) is 5.82. The molecule has 1 aliphatic rings. The Hall–Kier alpha value is -3.50. The number of H-pyrrole nitrogens is 1. The Morgan fingerprint density at radius 3 is 2.55 bits per heavy atom. The monoisotopic (exact) mass is 414 g/mol. The third kappa shape index (κ3) is 4.81. The lowest BCUT2D eigenvalue weighted by Crippen LogP contribution is -2.30. The Morgan fingerprint density at radius 2 is 1.87 bits per heavy atom. The number of aryl methyl sites for hydroxylation is 1. The van der Waals surface area contributed by atoms with E-state index in [1.807, 2.05) is 43.3 Å².